The van der Waals surface area contributed by atoms with Gasteiger partial charge in [0.1, 0.15) is 11.6 Å². The van der Waals surface area contributed by atoms with Gasteiger partial charge in [-0.25, -0.2) is 4.98 Å². The van der Waals surface area contributed by atoms with Gasteiger partial charge in [0, 0.05) is 31.4 Å². The summed E-state index contributed by atoms with van der Waals surface area (Å²) in [6, 6.07) is 10.9. The zero-order chi connectivity index (χ0) is 19.9. The number of carbonyl (C=O) groups excluding carboxylic acids is 2. The zero-order valence-corrected chi connectivity index (χ0v) is 16.5. The van der Waals surface area contributed by atoms with Crippen molar-refractivity contribution in [3.8, 4) is 5.75 Å². The van der Waals surface area contributed by atoms with Gasteiger partial charge in [-0.3, -0.25) is 9.59 Å². The maximum Gasteiger partial charge on any atom is 0.261 e. The van der Waals surface area contributed by atoms with Crippen LogP contribution in [0.15, 0.2) is 42.6 Å². The molecule has 1 N–H and O–H groups in total. The summed E-state index contributed by atoms with van der Waals surface area (Å²) in [6.07, 6.45) is 4.87. The Morgan fingerprint density at radius 1 is 1.18 bits per heavy atom. The highest BCUT2D eigenvalue weighted by atomic mass is 16.5. The van der Waals surface area contributed by atoms with Gasteiger partial charge in [-0.15, -0.1) is 0 Å². The van der Waals surface area contributed by atoms with Crippen molar-refractivity contribution < 1.29 is 14.3 Å². The molecule has 2 heterocycles. The molecule has 0 unspecified atom stereocenters. The van der Waals surface area contributed by atoms with Crippen LogP contribution >= 0.6 is 0 Å². The number of ketones is 1. The highest BCUT2D eigenvalue weighted by Gasteiger charge is 2.15. The highest BCUT2D eigenvalue weighted by molar-refractivity contribution is 5.94. The lowest BCUT2D eigenvalue weighted by atomic mass is 10.1. The molecule has 1 fully saturated rings. The quantitative estimate of drug-likeness (QED) is 0.745. The first-order valence-corrected chi connectivity index (χ1v) is 9.78. The maximum absolute atomic E-state index is 12.3. The molecule has 1 atom stereocenters. The fraction of sp³-hybridized carbons (Fsp3) is 0.409. The second-order valence-electron chi connectivity index (χ2n) is 7.13. The van der Waals surface area contributed by atoms with Gasteiger partial charge in [0.25, 0.3) is 5.91 Å². The summed E-state index contributed by atoms with van der Waals surface area (Å²) in [7, 11) is 0. The molecule has 148 valence electrons. The SMILES string of the molecule is CC(=O)c1cccc(O[C@@H](C)C(=O)NCc2ccc(N3CCCCC3)nc2)c1. The second-order valence-corrected chi connectivity index (χ2v) is 7.13. The Kier molecular flexibility index (Phi) is 6.63. The molecular formula is C22H27N3O3. The summed E-state index contributed by atoms with van der Waals surface area (Å²) in [4.78, 5) is 30.6. The number of aromatic nitrogens is 1. The van der Waals surface area contributed by atoms with Gasteiger partial charge in [0.15, 0.2) is 11.9 Å². The number of rotatable bonds is 7. The van der Waals surface area contributed by atoms with Crippen LogP contribution < -0.4 is 15.0 Å². The van der Waals surface area contributed by atoms with E-state index >= 15 is 0 Å². The van der Waals surface area contributed by atoms with E-state index in [1.54, 1.807) is 31.2 Å². The van der Waals surface area contributed by atoms with E-state index in [0.717, 1.165) is 24.5 Å². The van der Waals surface area contributed by atoms with E-state index in [9.17, 15) is 9.59 Å². The summed E-state index contributed by atoms with van der Waals surface area (Å²) < 4.78 is 5.67. The Bertz CT molecular complexity index is 814. The molecule has 0 radical (unpaired) electrons. The summed E-state index contributed by atoms with van der Waals surface area (Å²) in [5.41, 5.74) is 1.50. The molecule has 28 heavy (non-hydrogen) atoms. The molecule has 1 saturated heterocycles. The van der Waals surface area contributed by atoms with Crippen molar-refractivity contribution >= 4 is 17.5 Å². The standard InChI is InChI=1S/C22H27N3O3/c1-16(26)19-7-6-8-20(13-19)28-17(2)22(27)24-15-18-9-10-21(23-14-18)25-11-4-3-5-12-25/h6-10,13-14,17H,3-5,11-12,15H2,1-2H3,(H,24,27)/t17-/m0/s1. The number of pyridine rings is 1. The topological polar surface area (TPSA) is 71.5 Å². The van der Waals surface area contributed by atoms with Crippen LogP contribution in [-0.4, -0.2) is 35.9 Å². The van der Waals surface area contributed by atoms with Gasteiger partial charge < -0.3 is 15.0 Å². The van der Waals surface area contributed by atoms with Crippen LogP contribution in [0.2, 0.25) is 0 Å². The van der Waals surface area contributed by atoms with Crippen LogP contribution in [0.4, 0.5) is 5.82 Å². The Balaban J connectivity index is 1.50. The lowest BCUT2D eigenvalue weighted by Crippen LogP contribution is -2.36. The molecule has 0 bridgehead atoms. The minimum Gasteiger partial charge on any atom is -0.481 e. The minimum atomic E-state index is -0.664. The van der Waals surface area contributed by atoms with E-state index < -0.39 is 6.10 Å². The van der Waals surface area contributed by atoms with Crippen molar-refractivity contribution in [1.82, 2.24) is 10.3 Å². The number of nitrogens with zero attached hydrogens (tertiary/aromatic N) is 2. The minimum absolute atomic E-state index is 0.0388. The molecule has 0 spiro atoms. The number of Topliss-reactive ketones (excluding diaryl/α,β-unsaturated/α-hetero) is 1. The van der Waals surface area contributed by atoms with Crippen molar-refractivity contribution in [2.24, 2.45) is 0 Å². The van der Waals surface area contributed by atoms with Crippen molar-refractivity contribution in [2.75, 3.05) is 18.0 Å². The van der Waals surface area contributed by atoms with Crippen LogP contribution in [-0.2, 0) is 11.3 Å². The fourth-order valence-corrected chi connectivity index (χ4v) is 3.21. The van der Waals surface area contributed by atoms with Crippen LogP contribution in [0.1, 0.15) is 49.0 Å². The van der Waals surface area contributed by atoms with E-state index in [0.29, 0.717) is 17.9 Å². The largest absolute Gasteiger partial charge is 0.481 e. The summed E-state index contributed by atoms with van der Waals surface area (Å²) in [6.45, 7) is 5.70. The molecule has 6 nitrogen and oxygen atoms in total. The normalized spacial score (nSPS) is 15.0. The van der Waals surface area contributed by atoms with Crippen LogP contribution in [0.25, 0.3) is 0 Å². The number of benzene rings is 1. The molecule has 1 aliphatic rings. The Hall–Kier alpha value is -2.89. The van der Waals surface area contributed by atoms with Gasteiger partial charge >= 0.3 is 0 Å². The van der Waals surface area contributed by atoms with Crippen molar-refractivity contribution in [2.45, 2.75) is 45.8 Å². The smallest absolute Gasteiger partial charge is 0.261 e. The maximum atomic E-state index is 12.3. The lowest BCUT2D eigenvalue weighted by Gasteiger charge is -2.27. The first-order chi connectivity index (χ1) is 13.5. The summed E-state index contributed by atoms with van der Waals surface area (Å²) in [5.74, 6) is 1.25. The molecule has 1 aromatic carbocycles. The fourth-order valence-electron chi connectivity index (χ4n) is 3.21. The number of hydrogen-bond acceptors (Lipinski definition) is 5. The van der Waals surface area contributed by atoms with Crippen molar-refractivity contribution in [3.05, 3.63) is 53.7 Å². The van der Waals surface area contributed by atoms with Gasteiger partial charge in [0.2, 0.25) is 0 Å². The molecule has 1 aliphatic heterocycles. The van der Waals surface area contributed by atoms with Crippen LogP contribution in [0, 0.1) is 0 Å². The van der Waals surface area contributed by atoms with Crippen molar-refractivity contribution in [1.29, 1.82) is 0 Å². The predicted molar refractivity (Wildman–Crippen MR) is 109 cm³/mol. The Labute approximate surface area is 165 Å². The van der Waals surface area contributed by atoms with Gasteiger partial charge in [-0.1, -0.05) is 18.2 Å². The first-order valence-electron chi connectivity index (χ1n) is 9.78. The number of amides is 1. The van der Waals surface area contributed by atoms with Crippen LogP contribution in [0.3, 0.4) is 0 Å². The molecule has 2 aromatic rings. The Morgan fingerprint density at radius 3 is 2.64 bits per heavy atom. The van der Waals surface area contributed by atoms with E-state index in [1.165, 1.54) is 26.2 Å². The molecule has 1 aromatic heterocycles. The number of piperidine rings is 1. The number of ether oxygens (including phenoxy) is 1. The van der Waals surface area contributed by atoms with Gasteiger partial charge in [0.05, 0.1) is 0 Å². The molecule has 0 aliphatic carbocycles. The second kappa shape index (κ2) is 9.35. The predicted octanol–water partition coefficient (Wildman–Crippen LogP) is 3.36. The molecular weight excluding hydrogens is 354 g/mol. The lowest BCUT2D eigenvalue weighted by molar-refractivity contribution is -0.127. The van der Waals surface area contributed by atoms with Gasteiger partial charge in [-0.2, -0.15) is 0 Å². The average molecular weight is 381 g/mol. The molecule has 1 amide bonds. The van der Waals surface area contributed by atoms with E-state index in [2.05, 4.69) is 15.2 Å². The van der Waals surface area contributed by atoms with E-state index in [-0.39, 0.29) is 11.7 Å². The van der Waals surface area contributed by atoms with E-state index in [4.69, 9.17) is 4.74 Å². The molecule has 6 heteroatoms. The van der Waals surface area contributed by atoms with Crippen molar-refractivity contribution in [3.63, 3.8) is 0 Å². The first kappa shape index (κ1) is 19.9. The van der Waals surface area contributed by atoms with Gasteiger partial charge in [-0.05, 0) is 56.9 Å². The molecule has 0 saturated carbocycles. The van der Waals surface area contributed by atoms with Crippen LogP contribution in [0.5, 0.6) is 5.75 Å². The molecule has 3 rings (SSSR count). The average Bonchev–Trinajstić information content (AvgIpc) is 2.73. The third-order valence-electron chi connectivity index (χ3n) is 4.88. The van der Waals surface area contributed by atoms with E-state index in [1.807, 2.05) is 18.3 Å². The summed E-state index contributed by atoms with van der Waals surface area (Å²) >= 11 is 0. The number of carbonyl (C=O) groups is 2. The summed E-state index contributed by atoms with van der Waals surface area (Å²) in [5, 5.41) is 2.87. The Morgan fingerprint density at radius 2 is 1.96 bits per heavy atom. The third kappa shape index (κ3) is 5.31. The number of hydrogen-bond donors (Lipinski definition) is 1. The monoisotopic (exact) mass is 381 g/mol. The number of anilines is 1. The zero-order valence-electron chi connectivity index (χ0n) is 16.5. The third-order valence-corrected chi connectivity index (χ3v) is 4.88. The highest BCUT2D eigenvalue weighted by Crippen LogP contribution is 2.18. The number of nitrogens with one attached hydrogen (secondary N) is 1.